The van der Waals surface area contributed by atoms with Crippen LogP contribution in [0.25, 0.3) is 0 Å². The Balaban J connectivity index is 2.46. The molecule has 0 radical (unpaired) electrons. The molecule has 84 valence electrons. The first-order valence-corrected chi connectivity index (χ1v) is 6.52. The zero-order chi connectivity index (χ0) is 11.7. The number of rotatable bonds is 2. The highest BCUT2D eigenvalue weighted by molar-refractivity contribution is 9.10. The standard InChI is InChI=1S/C12H11BrFNS/c1-7-5-6-16-12(7)11(15)8-3-2-4-9(13)10(8)14/h2-6,11H,15H2,1H3. The van der Waals surface area contributed by atoms with E-state index >= 15 is 0 Å². The lowest BCUT2D eigenvalue weighted by Crippen LogP contribution is -2.13. The van der Waals surface area contributed by atoms with Gasteiger partial charge in [0.05, 0.1) is 10.5 Å². The van der Waals surface area contributed by atoms with E-state index in [0.29, 0.717) is 10.0 Å². The van der Waals surface area contributed by atoms with Crippen LogP contribution in [-0.2, 0) is 0 Å². The first kappa shape index (κ1) is 11.8. The summed E-state index contributed by atoms with van der Waals surface area (Å²) in [6.07, 6.45) is 0. The molecule has 1 unspecified atom stereocenters. The monoisotopic (exact) mass is 299 g/mol. The minimum Gasteiger partial charge on any atom is -0.320 e. The molecular formula is C12H11BrFNS. The molecule has 1 aromatic heterocycles. The summed E-state index contributed by atoms with van der Waals surface area (Å²) in [5, 5.41) is 1.97. The van der Waals surface area contributed by atoms with Crippen LogP contribution in [0.3, 0.4) is 0 Å². The number of benzene rings is 1. The molecule has 0 saturated heterocycles. The molecule has 0 fully saturated rings. The number of hydrogen-bond acceptors (Lipinski definition) is 2. The SMILES string of the molecule is Cc1ccsc1C(N)c1cccc(Br)c1F. The Hall–Kier alpha value is -0.710. The van der Waals surface area contributed by atoms with E-state index in [2.05, 4.69) is 15.9 Å². The number of hydrogen-bond donors (Lipinski definition) is 1. The van der Waals surface area contributed by atoms with Gasteiger partial charge in [-0.15, -0.1) is 11.3 Å². The molecule has 16 heavy (non-hydrogen) atoms. The molecule has 2 rings (SSSR count). The van der Waals surface area contributed by atoms with E-state index in [9.17, 15) is 4.39 Å². The van der Waals surface area contributed by atoms with Crippen molar-refractivity contribution >= 4 is 27.3 Å². The first-order chi connectivity index (χ1) is 7.61. The summed E-state index contributed by atoms with van der Waals surface area (Å²) >= 11 is 4.73. The molecule has 1 nitrogen and oxygen atoms in total. The molecular weight excluding hydrogens is 289 g/mol. The molecule has 1 aromatic carbocycles. The van der Waals surface area contributed by atoms with Crippen molar-refractivity contribution in [2.75, 3.05) is 0 Å². The van der Waals surface area contributed by atoms with Crippen LogP contribution in [0.5, 0.6) is 0 Å². The fourth-order valence-corrected chi connectivity index (χ4v) is 2.93. The van der Waals surface area contributed by atoms with Gasteiger partial charge in [-0.3, -0.25) is 0 Å². The van der Waals surface area contributed by atoms with Gasteiger partial charge in [0.15, 0.2) is 0 Å². The zero-order valence-electron chi connectivity index (χ0n) is 8.71. The van der Waals surface area contributed by atoms with Gasteiger partial charge in [0.25, 0.3) is 0 Å². The fourth-order valence-electron chi connectivity index (χ4n) is 1.60. The summed E-state index contributed by atoms with van der Waals surface area (Å²) in [6.45, 7) is 1.99. The molecule has 0 aliphatic rings. The van der Waals surface area contributed by atoms with E-state index in [0.717, 1.165) is 10.4 Å². The van der Waals surface area contributed by atoms with E-state index in [4.69, 9.17) is 5.73 Å². The van der Waals surface area contributed by atoms with Crippen molar-refractivity contribution in [3.8, 4) is 0 Å². The van der Waals surface area contributed by atoms with Crippen LogP contribution in [0.2, 0.25) is 0 Å². The van der Waals surface area contributed by atoms with Crippen molar-refractivity contribution in [2.45, 2.75) is 13.0 Å². The maximum atomic E-state index is 13.9. The minimum atomic E-state index is -0.391. The zero-order valence-corrected chi connectivity index (χ0v) is 11.1. The molecule has 0 saturated carbocycles. The highest BCUT2D eigenvalue weighted by Crippen LogP contribution is 2.31. The highest BCUT2D eigenvalue weighted by atomic mass is 79.9. The van der Waals surface area contributed by atoms with Gasteiger partial charge >= 0.3 is 0 Å². The third kappa shape index (κ3) is 2.05. The van der Waals surface area contributed by atoms with E-state index in [-0.39, 0.29) is 5.82 Å². The van der Waals surface area contributed by atoms with Crippen LogP contribution in [0.15, 0.2) is 34.1 Å². The Bertz CT molecular complexity index is 509. The highest BCUT2D eigenvalue weighted by Gasteiger charge is 2.17. The van der Waals surface area contributed by atoms with Crippen molar-refractivity contribution < 1.29 is 4.39 Å². The molecule has 0 spiro atoms. The first-order valence-electron chi connectivity index (χ1n) is 4.84. The summed E-state index contributed by atoms with van der Waals surface area (Å²) in [4.78, 5) is 1.01. The maximum absolute atomic E-state index is 13.9. The van der Waals surface area contributed by atoms with Crippen LogP contribution >= 0.6 is 27.3 Å². The number of aryl methyl sites for hydroxylation is 1. The summed E-state index contributed by atoms with van der Waals surface area (Å²) in [7, 11) is 0. The summed E-state index contributed by atoms with van der Waals surface area (Å²) in [6, 6.07) is 6.80. The lowest BCUT2D eigenvalue weighted by molar-refractivity contribution is 0.594. The number of halogens is 2. The molecule has 4 heteroatoms. The maximum Gasteiger partial charge on any atom is 0.142 e. The molecule has 2 N–H and O–H groups in total. The fraction of sp³-hybridized carbons (Fsp3) is 0.167. The van der Waals surface area contributed by atoms with Crippen molar-refractivity contribution in [1.29, 1.82) is 0 Å². The summed E-state index contributed by atoms with van der Waals surface area (Å²) < 4.78 is 14.3. The molecule has 1 heterocycles. The van der Waals surface area contributed by atoms with Crippen molar-refractivity contribution in [3.63, 3.8) is 0 Å². The van der Waals surface area contributed by atoms with E-state index in [1.807, 2.05) is 18.4 Å². The molecule has 0 bridgehead atoms. The van der Waals surface area contributed by atoms with E-state index in [1.165, 1.54) is 0 Å². The largest absolute Gasteiger partial charge is 0.320 e. The molecule has 0 aliphatic carbocycles. The quantitative estimate of drug-likeness (QED) is 0.891. The summed E-state index contributed by atoms with van der Waals surface area (Å²) in [5.41, 5.74) is 7.72. The van der Waals surface area contributed by atoms with Crippen molar-refractivity contribution in [3.05, 3.63) is 55.9 Å². The predicted molar refractivity (Wildman–Crippen MR) is 69.2 cm³/mol. The van der Waals surface area contributed by atoms with Crippen molar-refractivity contribution in [1.82, 2.24) is 0 Å². The Kier molecular flexibility index (Phi) is 3.42. The van der Waals surface area contributed by atoms with Crippen LogP contribution in [-0.4, -0.2) is 0 Å². The average Bonchev–Trinajstić information content (AvgIpc) is 2.68. The lowest BCUT2D eigenvalue weighted by Gasteiger charge is -2.13. The van der Waals surface area contributed by atoms with Gasteiger partial charge in [0.2, 0.25) is 0 Å². The normalized spacial score (nSPS) is 12.8. The van der Waals surface area contributed by atoms with Gasteiger partial charge < -0.3 is 5.73 Å². The minimum absolute atomic E-state index is 0.275. The van der Waals surface area contributed by atoms with Gasteiger partial charge in [0, 0.05) is 10.4 Å². The topological polar surface area (TPSA) is 26.0 Å². The second-order valence-electron chi connectivity index (χ2n) is 3.59. The molecule has 1 atom stereocenters. The second kappa shape index (κ2) is 4.65. The van der Waals surface area contributed by atoms with Gasteiger partial charge in [-0.2, -0.15) is 0 Å². The predicted octanol–water partition coefficient (Wildman–Crippen LogP) is 4.01. The van der Waals surface area contributed by atoms with Gasteiger partial charge in [-0.25, -0.2) is 4.39 Å². The van der Waals surface area contributed by atoms with Crippen LogP contribution in [0.4, 0.5) is 4.39 Å². The third-order valence-electron chi connectivity index (χ3n) is 2.50. The Morgan fingerprint density at radius 3 is 2.75 bits per heavy atom. The second-order valence-corrected chi connectivity index (χ2v) is 5.39. The lowest BCUT2D eigenvalue weighted by atomic mass is 10.0. The van der Waals surface area contributed by atoms with Gasteiger partial charge in [-0.05, 0) is 45.9 Å². The average molecular weight is 300 g/mol. The van der Waals surface area contributed by atoms with Gasteiger partial charge in [0.1, 0.15) is 5.82 Å². The van der Waals surface area contributed by atoms with E-state index < -0.39 is 6.04 Å². The van der Waals surface area contributed by atoms with Crippen molar-refractivity contribution in [2.24, 2.45) is 5.73 Å². The number of thiophene rings is 1. The van der Waals surface area contributed by atoms with Crippen LogP contribution < -0.4 is 5.73 Å². The smallest absolute Gasteiger partial charge is 0.142 e. The summed E-state index contributed by atoms with van der Waals surface area (Å²) in [5.74, 6) is -0.275. The molecule has 2 aromatic rings. The Morgan fingerprint density at radius 1 is 1.38 bits per heavy atom. The van der Waals surface area contributed by atoms with Crippen LogP contribution in [0.1, 0.15) is 22.0 Å². The van der Waals surface area contributed by atoms with Gasteiger partial charge in [-0.1, -0.05) is 12.1 Å². The Morgan fingerprint density at radius 2 is 2.12 bits per heavy atom. The molecule has 0 amide bonds. The van der Waals surface area contributed by atoms with Crippen LogP contribution in [0, 0.1) is 12.7 Å². The van der Waals surface area contributed by atoms with E-state index in [1.54, 1.807) is 29.5 Å². The molecule has 0 aliphatic heterocycles. The third-order valence-corrected chi connectivity index (χ3v) is 4.22. The number of nitrogens with two attached hydrogens (primary N) is 1. The Labute approximate surface area is 106 Å².